The highest BCUT2D eigenvalue weighted by molar-refractivity contribution is 6.34. The van der Waals surface area contributed by atoms with Crippen molar-refractivity contribution in [3.05, 3.63) is 58.6 Å². The van der Waals surface area contributed by atoms with Gasteiger partial charge in [0, 0.05) is 50.6 Å². The molecule has 0 aromatic heterocycles. The fourth-order valence-corrected chi connectivity index (χ4v) is 4.22. The van der Waals surface area contributed by atoms with E-state index >= 15 is 0 Å². The van der Waals surface area contributed by atoms with Gasteiger partial charge >= 0.3 is 0 Å². The summed E-state index contributed by atoms with van der Waals surface area (Å²) >= 11 is 6.19. The molecule has 1 N–H and O–H groups in total. The van der Waals surface area contributed by atoms with Crippen molar-refractivity contribution in [1.82, 2.24) is 4.90 Å². The van der Waals surface area contributed by atoms with Crippen LogP contribution in [0.5, 0.6) is 0 Å². The van der Waals surface area contributed by atoms with Crippen molar-refractivity contribution < 1.29 is 14.3 Å². The quantitative estimate of drug-likeness (QED) is 0.602. The first-order valence-corrected chi connectivity index (χ1v) is 11.7. The molecule has 0 aliphatic carbocycles. The molecule has 0 bridgehead atoms. The van der Waals surface area contributed by atoms with Gasteiger partial charge in [0.05, 0.1) is 16.7 Å². The van der Waals surface area contributed by atoms with E-state index in [0.29, 0.717) is 29.4 Å². The van der Waals surface area contributed by atoms with E-state index < -0.39 is 5.41 Å². The Morgan fingerprint density at radius 2 is 1.88 bits per heavy atom. The van der Waals surface area contributed by atoms with Crippen molar-refractivity contribution in [2.24, 2.45) is 5.41 Å². The van der Waals surface area contributed by atoms with Crippen molar-refractivity contribution in [1.29, 1.82) is 0 Å². The van der Waals surface area contributed by atoms with Gasteiger partial charge in [0.15, 0.2) is 0 Å². The van der Waals surface area contributed by atoms with Crippen LogP contribution in [0.2, 0.25) is 5.02 Å². The van der Waals surface area contributed by atoms with Crippen LogP contribution < -0.4 is 10.2 Å². The average molecular weight is 472 g/mol. The van der Waals surface area contributed by atoms with Crippen LogP contribution in [-0.2, 0) is 16.1 Å². The van der Waals surface area contributed by atoms with E-state index in [0.717, 1.165) is 30.7 Å². The summed E-state index contributed by atoms with van der Waals surface area (Å²) in [4.78, 5) is 30.0. The lowest BCUT2D eigenvalue weighted by atomic mass is 9.94. The molecule has 1 saturated heterocycles. The highest BCUT2D eigenvalue weighted by Gasteiger charge is 2.31. The number of rotatable bonds is 7. The highest BCUT2D eigenvalue weighted by atomic mass is 35.5. The summed E-state index contributed by atoms with van der Waals surface area (Å²) in [6.07, 6.45) is 2.04. The molecule has 2 aromatic carbocycles. The summed E-state index contributed by atoms with van der Waals surface area (Å²) in [5, 5.41) is 3.34. The van der Waals surface area contributed by atoms with Crippen LogP contribution in [0, 0.1) is 5.41 Å². The van der Waals surface area contributed by atoms with Crippen molar-refractivity contribution in [2.75, 3.05) is 37.5 Å². The van der Waals surface area contributed by atoms with E-state index in [-0.39, 0.29) is 17.9 Å². The van der Waals surface area contributed by atoms with Gasteiger partial charge in [-0.15, -0.1) is 0 Å². The standard InChI is InChI=1S/C26H34ClN3O3/c1-26(2,3)25(32)30(17-20-9-8-14-33-20)16-18-15-19(12-13-23(18)29(4)5)28-24(31)21-10-6-7-11-22(21)27/h6-7,10-13,15,20H,8-9,14,16-17H2,1-5H3,(H,28,31). The molecule has 7 heteroatoms. The lowest BCUT2D eigenvalue weighted by Gasteiger charge is -2.32. The van der Waals surface area contributed by atoms with Gasteiger partial charge in [-0.05, 0) is 48.7 Å². The minimum atomic E-state index is -0.507. The molecule has 0 saturated carbocycles. The molecule has 0 radical (unpaired) electrons. The smallest absolute Gasteiger partial charge is 0.257 e. The molecule has 1 unspecified atom stereocenters. The summed E-state index contributed by atoms with van der Waals surface area (Å²) in [7, 11) is 3.94. The average Bonchev–Trinajstić information content (AvgIpc) is 3.25. The largest absolute Gasteiger partial charge is 0.377 e. The second-order valence-electron chi connectivity index (χ2n) is 9.74. The number of hydrogen-bond acceptors (Lipinski definition) is 4. The Bertz CT molecular complexity index is 995. The van der Waals surface area contributed by atoms with Gasteiger partial charge in [0.1, 0.15) is 0 Å². The number of amides is 2. The zero-order valence-corrected chi connectivity index (χ0v) is 20.9. The molecule has 1 heterocycles. The van der Waals surface area contributed by atoms with Gasteiger partial charge < -0.3 is 19.9 Å². The van der Waals surface area contributed by atoms with Crippen LogP contribution in [-0.4, -0.2) is 50.1 Å². The number of nitrogens with zero attached hydrogens (tertiary/aromatic N) is 2. The Morgan fingerprint density at radius 1 is 1.15 bits per heavy atom. The van der Waals surface area contributed by atoms with Gasteiger partial charge in [-0.25, -0.2) is 0 Å². The molecule has 2 amide bonds. The first-order chi connectivity index (χ1) is 15.6. The number of carbonyl (C=O) groups excluding carboxylic acids is 2. The van der Waals surface area contributed by atoms with Gasteiger partial charge in [-0.2, -0.15) is 0 Å². The van der Waals surface area contributed by atoms with E-state index in [1.54, 1.807) is 24.3 Å². The molecular formula is C26H34ClN3O3. The fraction of sp³-hybridized carbons (Fsp3) is 0.462. The maximum Gasteiger partial charge on any atom is 0.257 e. The summed E-state index contributed by atoms with van der Waals surface area (Å²) in [5.41, 5.74) is 2.51. The van der Waals surface area contributed by atoms with Crippen LogP contribution in [0.4, 0.5) is 11.4 Å². The fourth-order valence-electron chi connectivity index (χ4n) is 4.00. The van der Waals surface area contributed by atoms with Crippen molar-refractivity contribution in [2.45, 2.75) is 46.3 Å². The van der Waals surface area contributed by atoms with Crippen LogP contribution in [0.1, 0.15) is 49.5 Å². The third-order valence-corrected chi connectivity index (χ3v) is 6.01. The van der Waals surface area contributed by atoms with E-state index in [9.17, 15) is 9.59 Å². The van der Waals surface area contributed by atoms with Crippen LogP contribution in [0.3, 0.4) is 0 Å². The van der Waals surface area contributed by atoms with Gasteiger partial charge in [-0.1, -0.05) is 44.5 Å². The zero-order chi connectivity index (χ0) is 24.2. The monoisotopic (exact) mass is 471 g/mol. The van der Waals surface area contributed by atoms with E-state index in [1.165, 1.54) is 0 Å². The molecule has 1 atom stereocenters. The van der Waals surface area contributed by atoms with Crippen molar-refractivity contribution in [3.8, 4) is 0 Å². The molecule has 178 valence electrons. The summed E-state index contributed by atoms with van der Waals surface area (Å²) in [5.74, 6) is -0.195. The predicted molar refractivity (Wildman–Crippen MR) is 134 cm³/mol. The zero-order valence-electron chi connectivity index (χ0n) is 20.2. The number of carbonyl (C=O) groups is 2. The molecule has 3 rings (SSSR count). The molecule has 33 heavy (non-hydrogen) atoms. The second kappa shape index (κ2) is 10.6. The summed E-state index contributed by atoms with van der Waals surface area (Å²) in [6, 6.07) is 12.7. The Kier molecular flexibility index (Phi) is 8.03. The Balaban J connectivity index is 1.88. The normalized spacial score (nSPS) is 15.9. The Hall–Kier alpha value is -2.57. The summed E-state index contributed by atoms with van der Waals surface area (Å²) < 4.78 is 5.82. The molecule has 6 nitrogen and oxygen atoms in total. The number of benzene rings is 2. The second-order valence-corrected chi connectivity index (χ2v) is 10.1. The molecule has 1 fully saturated rings. The van der Waals surface area contributed by atoms with Gasteiger partial charge in [0.2, 0.25) is 5.91 Å². The number of halogens is 1. The van der Waals surface area contributed by atoms with E-state index in [2.05, 4.69) is 5.32 Å². The SMILES string of the molecule is CN(C)c1ccc(NC(=O)c2ccccc2Cl)cc1CN(CC1CCCO1)C(=O)C(C)(C)C. The number of anilines is 2. The lowest BCUT2D eigenvalue weighted by Crippen LogP contribution is -2.43. The first-order valence-electron chi connectivity index (χ1n) is 11.3. The van der Waals surface area contributed by atoms with Crippen LogP contribution in [0.25, 0.3) is 0 Å². The molecule has 1 aliphatic heterocycles. The maximum absolute atomic E-state index is 13.3. The van der Waals surface area contributed by atoms with Crippen LogP contribution >= 0.6 is 11.6 Å². The predicted octanol–water partition coefficient (Wildman–Crippen LogP) is 5.21. The van der Waals surface area contributed by atoms with Crippen molar-refractivity contribution in [3.63, 3.8) is 0 Å². The molecular weight excluding hydrogens is 438 g/mol. The highest BCUT2D eigenvalue weighted by Crippen LogP contribution is 2.28. The number of hydrogen-bond donors (Lipinski definition) is 1. The molecule has 1 aliphatic rings. The minimum absolute atomic E-state index is 0.0576. The lowest BCUT2D eigenvalue weighted by molar-refractivity contribution is -0.141. The third-order valence-electron chi connectivity index (χ3n) is 5.68. The Morgan fingerprint density at radius 3 is 2.48 bits per heavy atom. The topological polar surface area (TPSA) is 61.9 Å². The van der Waals surface area contributed by atoms with E-state index in [4.69, 9.17) is 16.3 Å². The van der Waals surface area contributed by atoms with Crippen LogP contribution in [0.15, 0.2) is 42.5 Å². The summed E-state index contributed by atoms with van der Waals surface area (Å²) in [6.45, 7) is 7.54. The van der Waals surface area contributed by atoms with Gasteiger partial charge in [-0.3, -0.25) is 9.59 Å². The Labute approximate surface area is 201 Å². The van der Waals surface area contributed by atoms with Crippen molar-refractivity contribution >= 4 is 34.8 Å². The first kappa shape index (κ1) is 25.1. The van der Waals surface area contributed by atoms with E-state index in [1.807, 2.05) is 62.9 Å². The number of ether oxygens (including phenoxy) is 1. The maximum atomic E-state index is 13.3. The van der Waals surface area contributed by atoms with Gasteiger partial charge in [0.25, 0.3) is 5.91 Å². The molecule has 0 spiro atoms. The molecule has 2 aromatic rings. The number of nitrogens with one attached hydrogen (secondary N) is 1. The minimum Gasteiger partial charge on any atom is -0.377 e. The third kappa shape index (κ3) is 6.49.